The number of esters is 1. The largest absolute Gasteiger partial charge is 0.466 e. The van der Waals surface area contributed by atoms with E-state index in [4.69, 9.17) is 0 Å². The third-order valence-electron chi connectivity index (χ3n) is 2.31. The van der Waals surface area contributed by atoms with Gasteiger partial charge in [0.1, 0.15) is 0 Å². The molecule has 18 heavy (non-hydrogen) atoms. The van der Waals surface area contributed by atoms with Crippen molar-refractivity contribution in [2.75, 3.05) is 7.11 Å². The van der Waals surface area contributed by atoms with Gasteiger partial charge in [-0.05, 0) is 5.56 Å². The Morgan fingerprint density at radius 3 is 2.78 bits per heavy atom. The van der Waals surface area contributed by atoms with Crippen molar-refractivity contribution in [2.24, 2.45) is 4.99 Å². The molecule has 92 valence electrons. The van der Waals surface area contributed by atoms with Crippen molar-refractivity contribution >= 4 is 28.7 Å². The number of hydrogen-bond donors (Lipinski definition) is 0. The highest BCUT2D eigenvalue weighted by Crippen LogP contribution is 2.28. The Balaban J connectivity index is 2.06. The van der Waals surface area contributed by atoms with E-state index < -0.39 is 5.97 Å². The van der Waals surface area contributed by atoms with Crippen molar-refractivity contribution in [2.45, 2.75) is 6.42 Å². The van der Waals surface area contributed by atoms with Gasteiger partial charge in [0.25, 0.3) is 5.91 Å². The summed E-state index contributed by atoms with van der Waals surface area (Å²) in [6.45, 7) is 0. The quantitative estimate of drug-likeness (QED) is 0.616. The molecule has 0 N–H and O–H groups in total. The smallest absolute Gasteiger partial charge is 0.331 e. The lowest BCUT2D eigenvalue weighted by Crippen LogP contribution is -1.98. The number of amides is 1. The Bertz CT molecular complexity index is 534. The van der Waals surface area contributed by atoms with Crippen molar-refractivity contribution in [3.8, 4) is 0 Å². The van der Waals surface area contributed by atoms with E-state index in [1.807, 2.05) is 30.3 Å². The first-order valence-corrected chi connectivity index (χ1v) is 6.14. The number of methoxy groups -OCH3 is 1. The Labute approximate surface area is 109 Å². The summed E-state index contributed by atoms with van der Waals surface area (Å²) in [5.41, 5.74) is 1.08. The molecule has 0 aromatic heterocycles. The first-order valence-electron chi connectivity index (χ1n) is 5.32. The normalized spacial score (nSPS) is 16.8. The zero-order valence-corrected chi connectivity index (χ0v) is 10.6. The maximum Gasteiger partial charge on any atom is 0.331 e. The summed E-state index contributed by atoms with van der Waals surface area (Å²) in [5, 5.41) is 0.696. The van der Waals surface area contributed by atoms with Crippen molar-refractivity contribution in [3.63, 3.8) is 0 Å². The monoisotopic (exact) mass is 261 g/mol. The molecule has 0 aliphatic carbocycles. The van der Waals surface area contributed by atoms with E-state index in [0.29, 0.717) is 16.4 Å². The summed E-state index contributed by atoms with van der Waals surface area (Å²) in [6, 6.07) is 9.73. The van der Waals surface area contributed by atoms with E-state index >= 15 is 0 Å². The van der Waals surface area contributed by atoms with Crippen molar-refractivity contribution in [3.05, 3.63) is 46.9 Å². The van der Waals surface area contributed by atoms with Gasteiger partial charge >= 0.3 is 5.97 Å². The third kappa shape index (κ3) is 3.07. The van der Waals surface area contributed by atoms with E-state index in [1.165, 1.54) is 24.9 Å². The van der Waals surface area contributed by atoms with Gasteiger partial charge in [-0.15, -0.1) is 0 Å². The first kappa shape index (κ1) is 12.6. The van der Waals surface area contributed by atoms with Crippen molar-refractivity contribution in [1.29, 1.82) is 0 Å². The molecule has 1 aliphatic rings. The fourth-order valence-corrected chi connectivity index (χ4v) is 2.37. The van der Waals surface area contributed by atoms with Gasteiger partial charge in [-0.25, -0.2) is 9.79 Å². The molecule has 0 saturated carbocycles. The molecule has 4 nitrogen and oxygen atoms in total. The summed E-state index contributed by atoms with van der Waals surface area (Å²) in [5.74, 6) is -0.918. The number of thioether (sulfide) groups is 1. The van der Waals surface area contributed by atoms with Crippen LogP contribution in [-0.4, -0.2) is 24.0 Å². The Morgan fingerprint density at radius 2 is 2.11 bits per heavy atom. The van der Waals surface area contributed by atoms with Crippen LogP contribution in [0.5, 0.6) is 0 Å². The highest BCUT2D eigenvalue weighted by atomic mass is 32.2. The van der Waals surface area contributed by atoms with Gasteiger partial charge in [0.2, 0.25) is 0 Å². The van der Waals surface area contributed by atoms with Gasteiger partial charge in [-0.1, -0.05) is 42.1 Å². The number of benzene rings is 1. The number of nitrogens with zero attached hydrogens (tertiary/aromatic N) is 1. The van der Waals surface area contributed by atoms with E-state index in [2.05, 4.69) is 9.73 Å². The lowest BCUT2D eigenvalue weighted by Gasteiger charge is -1.98. The van der Waals surface area contributed by atoms with Crippen LogP contribution < -0.4 is 0 Å². The van der Waals surface area contributed by atoms with Gasteiger partial charge in [-0.2, -0.15) is 0 Å². The number of ether oxygens (including phenoxy) is 1. The van der Waals surface area contributed by atoms with Crippen molar-refractivity contribution < 1.29 is 14.3 Å². The number of carbonyl (C=O) groups is 2. The van der Waals surface area contributed by atoms with Gasteiger partial charge in [0, 0.05) is 12.5 Å². The molecule has 0 spiro atoms. The first-order chi connectivity index (χ1) is 8.69. The molecule has 1 aromatic rings. The number of carbonyl (C=O) groups excluding carboxylic acids is 2. The molecule has 0 bridgehead atoms. The molecule has 2 rings (SSSR count). The van der Waals surface area contributed by atoms with Crippen LogP contribution in [0.2, 0.25) is 0 Å². The minimum atomic E-state index is -0.540. The average Bonchev–Trinajstić information content (AvgIpc) is 2.70. The van der Waals surface area contributed by atoms with Gasteiger partial charge in [0.15, 0.2) is 0 Å². The van der Waals surface area contributed by atoms with Gasteiger partial charge in [0.05, 0.1) is 17.1 Å². The topological polar surface area (TPSA) is 55.7 Å². The Kier molecular flexibility index (Phi) is 3.94. The number of hydrogen-bond acceptors (Lipinski definition) is 4. The Hall–Kier alpha value is -1.88. The van der Waals surface area contributed by atoms with E-state index in [1.54, 1.807) is 0 Å². The van der Waals surface area contributed by atoms with E-state index in [9.17, 15) is 9.59 Å². The van der Waals surface area contributed by atoms with Crippen LogP contribution in [0.1, 0.15) is 5.56 Å². The maximum absolute atomic E-state index is 11.5. The molecular weight excluding hydrogens is 250 g/mol. The SMILES string of the molecule is COC(=O)/C=C1\SC(Cc2ccccc2)=NC1=O. The highest BCUT2D eigenvalue weighted by Gasteiger charge is 2.22. The van der Waals surface area contributed by atoms with Crippen LogP contribution in [0, 0.1) is 0 Å². The highest BCUT2D eigenvalue weighted by molar-refractivity contribution is 8.18. The van der Waals surface area contributed by atoms with Crippen LogP contribution in [0.25, 0.3) is 0 Å². The molecule has 0 radical (unpaired) electrons. The Morgan fingerprint density at radius 1 is 1.39 bits per heavy atom. The zero-order valence-electron chi connectivity index (χ0n) is 9.75. The molecule has 0 saturated heterocycles. The summed E-state index contributed by atoms with van der Waals surface area (Å²) >= 11 is 1.22. The number of rotatable bonds is 3. The van der Waals surface area contributed by atoms with Crippen LogP contribution in [0.4, 0.5) is 0 Å². The second-order valence-corrected chi connectivity index (χ2v) is 4.72. The lowest BCUT2D eigenvalue weighted by atomic mass is 10.2. The van der Waals surface area contributed by atoms with Gasteiger partial charge in [-0.3, -0.25) is 4.79 Å². The predicted molar refractivity (Wildman–Crippen MR) is 70.3 cm³/mol. The second kappa shape index (κ2) is 5.64. The molecule has 1 amide bonds. The van der Waals surface area contributed by atoms with E-state index in [-0.39, 0.29) is 5.91 Å². The molecule has 1 aromatic carbocycles. The minimum absolute atomic E-state index is 0.313. The average molecular weight is 261 g/mol. The third-order valence-corrected chi connectivity index (χ3v) is 3.30. The summed E-state index contributed by atoms with van der Waals surface area (Å²) in [7, 11) is 1.27. The van der Waals surface area contributed by atoms with Crippen LogP contribution in [-0.2, 0) is 20.7 Å². The zero-order chi connectivity index (χ0) is 13.0. The fraction of sp³-hybridized carbons (Fsp3) is 0.154. The molecule has 0 atom stereocenters. The van der Waals surface area contributed by atoms with Crippen LogP contribution in [0.15, 0.2) is 46.3 Å². The summed E-state index contributed by atoms with van der Waals surface area (Å²) in [6.07, 6.45) is 1.77. The maximum atomic E-state index is 11.5. The molecule has 0 fully saturated rings. The summed E-state index contributed by atoms with van der Waals surface area (Å²) in [4.78, 5) is 26.8. The molecule has 0 unspecified atom stereocenters. The van der Waals surface area contributed by atoms with Crippen LogP contribution in [0.3, 0.4) is 0 Å². The molecule has 1 heterocycles. The van der Waals surface area contributed by atoms with Crippen LogP contribution >= 0.6 is 11.8 Å². The fourth-order valence-electron chi connectivity index (χ4n) is 1.47. The molecular formula is C13H11NO3S. The predicted octanol–water partition coefficient (Wildman–Crippen LogP) is 1.96. The second-order valence-electron chi connectivity index (χ2n) is 3.61. The standard InChI is InChI=1S/C13H11NO3S/c1-17-12(15)8-10-13(16)14-11(18-10)7-9-5-3-2-4-6-9/h2-6,8H,7H2,1H3/b10-8-. The van der Waals surface area contributed by atoms with Gasteiger partial charge < -0.3 is 4.74 Å². The number of aliphatic imine (C=N–C) groups is 1. The van der Waals surface area contributed by atoms with Crippen molar-refractivity contribution in [1.82, 2.24) is 0 Å². The minimum Gasteiger partial charge on any atom is -0.466 e. The lowest BCUT2D eigenvalue weighted by molar-refractivity contribution is -0.135. The van der Waals surface area contributed by atoms with E-state index in [0.717, 1.165) is 5.56 Å². The molecule has 1 aliphatic heterocycles. The summed E-state index contributed by atoms with van der Waals surface area (Å²) < 4.78 is 4.48. The molecule has 5 heteroatoms.